The first-order chi connectivity index (χ1) is 12.2. The number of nitrogens with one attached hydrogen (secondary N) is 1. The van der Waals surface area contributed by atoms with E-state index in [1.807, 2.05) is 30.3 Å². The van der Waals surface area contributed by atoms with Crippen LogP contribution in [0.5, 0.6) is 0 Å². The Labute approximate surface area is 147 Å². The van der Waals surface area contributed by atoms with Gasteiger partial charge in [0.1, 0.15) is 11.9 Å². The lowest BCUT2D eigenvalue weighted by molar-refractivity contribution is -0.126. The van der Waals surface area contributed by atoms with E-state index >= 15 is 0 Å². The highest BCUT2D eigenvalue weighted by atomic mass is 19.1. The lowest BCUT2D eigenvalue weighted by atomic mass is 10.0. The third-order valence-corrected chi connectivity index (χ3v) is 4.27. The van der Waals surface area contributed by atoms with E-state index in [0.29, 0.717) is 31.8 Å². The first kappa shape index (κ1) is 17.6. The summed E-state index contributed by atoms with van der Waals surface area (Å²) in [5, 5.41) is 2.97. The summed E-state index contributed by atoms with van der Waals surface area (Å²) in [6.45, 7) is 1.49. The molecular formula is C20H22FNO3. The van der Waals surface area contributed by atoms with Crippen molar-refractivity contribution in [2.24, 2.45) is 0 Å². The van der Waals surface area contributed by atoms with Gasteiger partial charge in [-0.05, 0) is 23.6 Å². The molecule has 5 heteroatoms. The zero-order chi connectivity index (χ0) is 17.5. The van der Waals surface area contributed by atoms with E-state index in [0.717, 1.165) is 5.56 Å². The van der Waals surface area contributed by atoms with Crippen molar-refractivity contribution in [2.45, 2.75) is 31.6 Å². The van der Waals surface area contributed by atoms with Gasteiger partial charge in [-0.3, -0.25) is 4.79 Å². The van der Waals surface area contributed by atoms with Gasteiger partial charge in [0.2, 0.25) is 5.91 Å². The predicted octanol–water partition coefficient (Wildman–Crippen LogP) is 2.86. The monoisotopic (exact) mass is 343 g/mol. The maximum absolute atomic E-state index is 13.7. The molecule has 1 amide bonds. The molecule has 0 aliphatic carbocycles. The van der Waals surface area contributed by atoms with E-state index in [-0.39, 0.29) is 30.3 Å². The van der Waals surface area contributed by atoms with E-state index in [1.54, 1.807) is 18.2 Å². The Morgan fingerprint density at radius 3 is 2.72 bits per heavy atom. The van der Waals surface area contributed by atoms with Crippen molar-refractivity contribution >= 4 is 5.91 Å². The Hall–Kier alpha value is -2.24. The van der Waals surface area contributed by atoms with Crippen molar-refractivity contribution in [3.05, 3.63) is 71.5 Å². The maximum atomic E-state index is 13.7. The first-order valence-electron chi connectivity index (χ1n) is 8.48. The number of halogens is 1. The zero-order valence-corrected chi connectivity index (χ0v) is 14.0. The second-order valence-electron chi connectivity index (χ2n) is 6.14. The Bertz CT molecular complexity index is 692. The van der Waals surface area contributed by atoms with Crippen LogP contribution in [0.25, 0.3) is 0 Å². The van der Waals surface area contributed by atoms with Gasteiger partial charge in [-0.25, -0.2) is 4.39 Å². The average Bonchev–Trinajstić information content (AvgIpc) is 2.64. The molecule has 2 aromatic carbocycles. The summed E-state index contributed by atoms with van der Waals surface area (Å²) in [6.07, 6.45) is 0.497. The molecule has 1 heterocycles. The van der Waals surface area contributed by atoms with Gasteiger partial charge in [-0.1, -0.05) is 48.5 Å². The van der Waals surface area contributed by atoms with Crippen LogP contribution in [0.1, 0.15) is 17.5 Å². The maximum Gasteiger partial charge on any atom is 0.224 e. The van der Waals surface area contributed by atoms with E-state index in [2.05, 4.69) is 5.32 Å². The molecule has 0 unspecified atom stereocenters. The standard InChI is InChI=1S/C20H22FNO3/c21-17-9-5-4-8-16(17)12-20(23)22-18-10-11-24-14-19(18)25-13-15-6-2-1-3-7-15/h1-9,18-19H,10-14H2,(H,22,23)/t18-,19-/m1/s1. The van der Waals surface area contributed by atoms with Crippen LogP contribution in [0, 0.1) is 5.82 Å². The van der Waals surface area contributed by atoms with Gasteiger partial charge >= 0.3 is 0 Å². The second kappa shape index (κ2) is 8.74. The molecule has 1 saturated heterocycles. The largest absolute Gasteiger partial charge is 0.379 e. The Kier molecular flexibility index (Phi) is 6.14. The van der Waals surface area contributed by atoms with E-state index in [9.17, 15) is 9.18 Å². The van der Waals surface area contributed by atoms with Gasteiger partial charge in [0.15, 0.2) is 0 Å². The lowest BCUT2D eigenvalue weighted by Crippen LogP contribution is -2.50. The van der Waals surface area contributed by atoms with Gasteiger partial charge in [-0.2, -0.15) is 0 Å². The Balaban J connectivity index is 1.55. The summed E-state index contributed by atoms with van der Waals surface area (Å²) in [5.74, 6) is -0.563. The zero-order valence-electron chi connectivity index (χ0n) is 14.0. The van der Waals surface area contributed by atoms with Crippen LogP contribution in [0.2, 0.25) is 0 Å². The smallest absolute Gasteiger partial charge is 0.224 e. The first-order valence-corrected chi connectivity index (χ1v) is 8.48. The quantitative estimate of drug-likeness (QED) is 0.877. The Morgan fingerprint density at radius 1 is 1.16 bits per heavy atom. The van der Waals surface area contributed by atoms with Crippen LogP contribution < -0.4 is 5.32 Å². The minimum absolute atomic E-state index is 0.0232. The molecule has 0 saturated carbocycles. The second-order valence-corrected chi connectivity index (χ2v) is 6.14. The molecule has 1 fully saturated rings. The Morgan fingerprint density at radius 2 is 1.92 bits per heavy atom. The topological polar surface area (TPSA) is 47.6 Å². The number of ether oxygens (including phenoxy) is 2. The predicted molar refractivity (Wildman–Crippen MR) is 92.5 cm³/mol. The van der Waals surface area contributed by atoms with Gasteiger partial charge in [-0.15, -0.1) is 0 Å². The highest BCUT2D eigenvalue weighted by Crippen LogP contribution is 2.15. The molecule has 4 nitrogen and oxygen atoms in total. The van der Waals surface area contributed by atoms with Gasteiger partial charge in [0.05, 0.1) is 25.7 Å². The van der Waals surface area contributed by atoms with Crippen LogP contribution >= 0.6 is 0 Å². The number of carbonyl (C=O) groups excluding carboxylic acids is 1. The molecule has 2 atom stereocenters. The van der Waals surface area contributed by atoms with Crippen molar-refractivity contribution in [1.82, 2.24) is 5.32 Å². The van der Waals surface area contributed by atoms with Crippen LogP contribution in [0.15, 0.2) is 54.6 Å². The molecule has 0 radical (unpaired) electrons. The molecule has 2 aromatic rings. The fourth-order valence-corrected chi connectivity index (χ4v) is 2.89. The summed E-state index contributed by atoms with van der Waals surface area (Å²) in [4.78, 5) is 12.3. The van der Waals surface area contributed by atoms with Gasteiger partial charge in [0, 0.05) is 6.61 Å². The summed E-state index contributed by atoms with van der Waals surface area (Å²) in [6, 6.07) is 16.1. The molecule has 132 valence electrons. The van der Waals surface area contributed by atoms with Crippen LogP contribution in [-0.4, -0.2) is 31.3 Å². The molecule has 3 rings (SSSR count). The SMILES string of the molecule is O=C(Cc1ccccc1F)N[C@@H]1CCOC[C@H]1OCc1ccccc1. The van der Waals surface area contributed by atoms with Crippen molar-refractivity contribution in [3.63, 3.8) is 0 Å². The van der Waals surface area contributed by atoms with Crippen LogP contribution in [-0.2, 0) is 27.3 Å². The lowest BCUT2D eigenvalue weighted by Gasteiger charge is -2.32. The average molecular weight is 343 g/mol. The van der Waals surface area contributed by atoms with E-state index < -0.39 is 0 Å². The number of hydrogen-bond acceptors (Lipinski definition) is 3. The fourth-order valence-electron chi connectivity index (χ4n) is 2.89. The summed E-state index contributed by atoms with van der Waals surface area (Å²) in [5.41, 5.74) is 1.47. The van der Waals surface area contributed by atoms with Gasteiger partial charge < -0.3 is 14.8 Å². The summed E-state index contributed by atoms with van der Waals surface area (Å²) in [7, 11) is 0. The van der Waals surface area contributed by atoms with Crippen molar-refractivity contribution in [3.8, 4) is 0 Å². The molecule has 25 heavy (non-hydrogen) atoms. The number of amides is 1. The third kappa shape index (κ3) is 5.11. The van der Waals surface area contributed by atoms with Crippen molar-refractivity contribution in [2.75, 3.05) is 13.2 Å². The number of benzene rings is 2. The van der Waals surface area contributed by atoms with E-state index in [1.165, 1.54) is 6.07 Å². The highest BCUT2D eigenvalue weighted by Gasteiger charge is 2.28. The molecular weight excluding hydrogens is 321 g/mol. The minimum Gasteiger partial charge on any atom is -0.379 e. The molecule has 1 N–H and O–H groups in total. The molecule has 0 spiro atoms. The summed E-state index contributed by atoms with van der Waals surface area (Å²) < 4.78 is 25.1. The summed E-state index contributed by atoms with van der Waals surface area (Å²) >= 11 is 0. The highest BCUT2D eigenvalue weighted by molar-refractivity contribution is 5.79. The minimum atomic E-state index is -0.360. The molecule has 1 aliphatic rings. The number of rotatable bonds is 6. The van der Waals surface area contributed by atoms with Crippen molar-refractivity contribution < 1.29 is 18.7 Å². The van der Waals surface area contributed by atoms with Crippen LogP contribution in [0.4, 0.5) is 4.39 Å². The third-order valence-electron chi connectivity index (χ3n) is 4.27. The molecule has 0 bridgehead atoms. The number of carbonyl (C=O) groups is 1. The normalized spacial score (nSPS) is 20.2. The van der Waals surface area contributed by atoms with E-state index in [4.69, 9.17) is 9.47 Å². The number of hydrogen-bond donors (Lipinski definition) is 1. The van der Waals surface area contributed by atoms with Crippen molar-refractivity contribution in [1.29, 1.82) is 0 Å². The van der Waals surface area contributed by atoms with Gasteiger partial charge in [0.25, 0.3) is 0 Å². The molecule has 1 aliphatic heterocycles. The van der Waals surface area contributed by atoms with Crippen LogP contribution in [0.3, 0.4) is 0 Å². The fraction of sp³-hybridized carbons (Fsp3) is 0.350. The molecule has 0 aromatic heterocycles.